The summed E-state index contributed by atoms with van der Waals surface area (Å²) in [5.74, 6) is -1.86. The lowest BCUT2D eigenvalue weighted by molar-refractivity contribution is -0.117. The molecule has 1 aromatic heterocycles. The minimum absolute atomic E-state index is 0.00272. The molecule has 6 heteroatoms. The highest BCUT2D eigenvalue weighted by molar-refractivity contribution is 5.96. The van der Waals surface area contributed by atoms with Crippen LogP contribution in [0.25, 0.3) is 10.9 Å². The number of amides is 1. The summed E-state index contributed by atoms with van der Waals surface area (Å²) >= 11 is 0. The lowest BCUT2D eigenvalue weighted by Crippen LogP contribution is -2.24. The summed E-state index contributed by atoms with van der Waals surface area (Å²) in [5.41, 5.74) is 0.216. The molecule has 1 heterocycles. The summed E-state index contributed by atoms with van der Waals surface area (Å²) in [5, 5.41) is 11.6. The third-order valence-corrected chi connectivity index (χ3v) is 4.51. The first kappa shape index (κ1) is 17.4. The van der Waals surface area contributed by atoms with E-state index in [1.807, 2.05) is 26.8 Å². The van der Waals surface area contributed by atoms with Gasteiger partial charge in [0.05, 0.1) is 22.5 Å². The molecule has 132 valence electrons. The third kappa shape index (κ3) is 3.23. The average Bonchev–Trinajstić information content (AvgIpc) is 2.69. The van der Waals surface area contributed by atoms with Crippen molar-refractivity contribution < 1.29 is 13.6 Å². The van der Waals surface area contributed by atoms with Gasteiger partial charge in [-0.05, 0) is 36.8 Å². The summed E-state index contributed by atoms with van der Waals surface area (Å²) in [6.45, 7) is 5.76. The molecule has 0 atom stereocenters. The zero-order valence-electron chi connectivity index (χ0n) is 14.6. The van der Waals surface area contributed by atoms with Gasteiger partial charge in [0.15, 0.2) is 11.6 Å². The molecule has 1 amide bonds. The zero-order chi connectivity index (χ0) is 18.4. The van der Waals surface area contributed by atoms with Crippen LogP contribution in [-0.4, -0.2) is 10.5 Å². The van der Waals surface area contributed by atoms with Crippen LogP contribution in [0, 0.1) is 28.4 Å². The fourth-order valence-electron chi connectivity index (χ4n) is 3.21. The zero-order valence-corrected chi connectivity index (χ0v) is 14.6. The van der Waals surface area contributed by atoms with Crippen LogP contribution >= 0.6 is 0 Å². The predicted molar refractivity (Wildman–Crippen MR) is 92.2 cm³/mol. The van der Waals surface area contributed by atoms with Crippen molar-refractivity contribution in [2.45, 2.75) is 52.5 Å². The summed E-state index contributed by atoms with van der Waals surface area (Å²) in [6.07, 6.45) is 2.90. The second-order valence-corrected chi connectivity index (χ2v) is 7.87. The van der Waals surface area contributed by atoms with Gasteiger partial charge in [-0.2, -0.15) is 5.26 Å². The number of rotatable bonds is 3. The lowest BCUT2D eigenvalue weighted by Gasteiger charge is -2.30. The molecule has 25 heavy (non-hydrogen) atoms. The van der Waals surface area contributed by atoms with Crippen LogP contribution in [0.3, 0.4) is 0 Å². The Morgan fingerprint density at radius 2 is 2.04 bits per heavy atom. The quantitative estimate of drug-likeness (QED) is 0.861. The Morgan fingerprint density at radius 3 is 2.56 bits per heavy atom. The first-order chi connectivity index (χ1) is 11.7. The van der Waals surface area contributed by atoms with Crippen LogP contribution in [0.15, 0.2) is 12.1 Å². The second kappa shape index (κ2) is 6.14. The molecular weight excluding hydrogens is 324 g/mol. The molecule has 0 saturated heterocycles. The van der Waals surface area contributed by atoms with Crippen molar-refractivity contribution in [2.75, 3.05) is 5.32 Å². The summed E-state index contributed by atoms with van der Waals surface area (Å²) in [4.78, 5) is 12.3. The van der Waals surface area contributed by atoms with Crippen LogP contribution in [0.2, 0.25) is 0 Å². The van der Waals surface area contributed by atoms with E-state index in [1.54, 1.807) is 4.57 Å². The van der Waals surface area contributed by atoms with Gasteiger partial charge in [-0.15, -0.1) is 0 Å². The van der Waals surface area contributed by atoms with E-state index in [0.717, 1.165) is 25.3 Å². The Bertz CT molecular complexity index is 883. The molecule has 1 fully saturated rings. The van der Waals surface area contributed by atoms with Crippen LogP contribution < -0.4 is 5.32 Å². The fraction of sp³-hybridized carbons (Fsp3) is 0.474. The number of nitrogens with zero attached hydrogens (tertiary/aromatic N) is 2. The Kier molecular flexibility index (Phi) is 4.28. The van der Waals surface area contributed by atoms with E-state index in [9.17, 15) is 13.6 Å². The van der Waals surface area contributed by atoms with Crippen molar-refractivity contribution >= 4 is 22.6 Å². The van der Waals surface area contributed by atoms with E-state index in [4.69, 9.17) is 5.26 Å². The molecule has 1 saturated carbocycles. The van der Waals surface area contributed by atoms with Gasteiger partial charge < -0.3 is 9.88 Å². The van der Waals surface area contributed by atoms with Gasteiger partial charge in [0, 0.05) is 12.5 Å². The Labute approximate surface area is 145 Å². The maximum Gasteiger partial charge on any atom is 0.226 e. The van der Waals surface area contributed by atoms with E-state index in [-0.39, 0.29) is 40.6 Å². The maximum atomic E-state index is 14.9. The number of halogens is 2. The average molecular weight is 345 g/mol. The van der Waals surface area contributed by atoms with Gasteiger partial charge in [-0.3, -0.25) is 4.79 Å². The summed E-state index contributed by atoms with van der Waals surface area (Å²) in [7, 11) is 0. The molecule has 0 radical (unpaired) electrons. The van der Waals surface area contributed by atoms with E-state index in [0.29, 0.717) is 5.52 Å². The van der Waals surface area contributed by atoms with Crippen molar-refractivity contribution in [1.29, 1.82) is 5.26 Å². The number of anilines is 1. The molecule has 0 bridgehead atoms. The number of aromatic nitrogens is 1. The second-order valence-electron chi connectivity index (χ2n) is 7.87. The highest BCUT2D eigenvalue weighted by Crippen LogP contribution is 2.41. The predicted octanol–water partition coefficient (Wildman–Crippen LogP) is 4.89. The van der Waals surface area contributed by atoms with Gasteiger partial charge >= 0.3 is 0 Å². The molecular formula is C19H21F2N3O. The largest absolute Gasteiger partial charge is 0.322 e. The first-order valence-electron chi connectivity index (χ1n) is 8.44. The van der Waals surface area contributed by atoms with Crippen LogP contribution in [0.4, 0.5) is 14.6 Å². The van der Waals surface area contributed by atoms with Crippen molar-refractivity contribution in [3.05, 3.63) is 29.3 Å². The number of hydrogen-bond donors (Lipinski definition) is 1. The van der Waals surface area contributed by atoms with E-state index >= 15 is 0 Å². The number of carbonyl (C=O) groups is 1. The minimum Gasteiger partial charge on any atom is -0.322 e. The number of nitriles is 1. The lowest BCUT2D eigenvalue weighted by atomic mass is 9.92. The van der Waals surface area contributed by atoms with Crippen LogP contribution in [-0.2, 0) is 4.79 Å². The number of nitrogens with one attached hydrogen (secondary N) is 1. The molecule has 0 spiro atoms. The molecule has 1 aliphatic rings. The third-order valence-electron chi connectivity index (χ3n) is 4.51. The monoisotopic (exact) mass is 345 g/mol. The SMILES string of the molecule is CC(C)(C)CC(=O)Nc1c(F)c2c(F)cc(C#N)cc2n1C1CCC1. The summed E-state index contributed by atoms with van der Waals surface area (Å²) in [6, 6.07) is 4.41. The number of fused-ring (bicyclic) bond motifs is 1. The Balaban J connectivity index is 2.13. The van der Waals surface area contributed by atoms with Gasteiger partial charge in [0.1, 0.15) is 5.82 Å². The highest BCUT2D eigenvalue weighted by Gasteiger charge is 2.30. The molecule has 1 N–H and O–H groups in total. The standard InChI is InChI=1S/C19H21F2N3O/c1-19(2,3)9-15(25)23-18-17(21)16-13(20)7-11(10-22)8-14(16)24(18)12-5-4-6-12/h7-8,12H,4-6,9H2,1-3H3,(H,23,25). The van der Waals surface area contributed by atoms with Crippen LogP contribution in [0.5, 0.6) is 0 Å². The molecule has 4 nitrogen and oxygen atoms in total. The highest BCUT2D eigenvalue weighted by atomic mass is 19.1. The number of carbonyl (C=O) groups excluding carboxylic acids is 1. The van der Waals surface area contributed by atoms with E-state index in [1.165, 1.54) is 6.07 Å². The van der Waals surface area contributed by atoms with Crippen molar-refractivity contribution in [3.8, 4) is 6.07 Å². The van der Waals surface area contributed by atoms with Crippen molar-refractivity contribution in [3.63, 3.8) is 0 Å². The smallest absolute Gasteiger partial charge is 0.226 e. The van der Waals surface area contributed by atoms with Gasteiger partial charge in [0.25, 0.3) is 0 Å². The number of benzene rings is 1. The molecule has 1 aromatic carbocycles. The summed E-state index contributed by atoms with van der Waals surface area (Å²) < 4.78 is 31.0. The van der Waals surface area contributed by atoms with E-state index in [2.05, 4.69) is 5.32 Å². The number of hydrogen-bond acceptors (Lipinski definition) is 2. The molecule has 0 aliphatic heterocycles. The molecule has 0 unspecified atom stereocenters. The van der Waals surface area contributed by atoms with Gasteiger partial charge in [-0.1, -0.05) is 20.8 Å². The van der Waals surface area contributed by atoms with E-state index < -0.39 is 11.6 Å². The van der Waals surface area contributed by atoms with Gasteiger partial charge in [0.2, 0.25) is 5.91 Å². The maximum absolute atomic E-state index is 14.9. The topological polar surface area (TPSA) is 57.8 Å². The van der Waals surface area contributed by atoms with Crippen molar-refractivity contribution in [2.24, 2.45) is 5.41 Å². The first-order valence-corrected chi connectivity index (χ1v) is 8.44. The van der Waals surface area contributed by atoms with Gasteiger partial charge in [-0.25, -0.2) is 8.78 Å². The Morgan fingerprint density at radius 1 is 1.36 bits per heavy atom. The van der Waals surface area contributed by atoms with Crippen LogP contribution in [0.1, 0.15) is 58.1 Å². The van der Waals surface area contributed by atoms with Crippen molar-refractivity contribution in [1.82, 2.24) is 4.57 Å². The fourth-order valence-corrected chi connectivity index (χ4v) is 3.21. The molecule has 1 aliphatic carbocycles. The Hall–Kier alpha value is -2.42. The minimum atomic E-state index is -0.782. The molecule has 2 aromatic rings. The normalized spacial score (nSPS) is 15.0. The molecule has 3 rings (SSSR count).